The van der Waals surface area contributed by atoms with Crippen LogP contribution in [0.2, 0.25) is 0 Å². The quantitative estimate of drug-likeness (QED) is 0.344. The number of halogens is 4. The lowest BCUT2D eigenvalue weighted by Gasteiger charge is -2.34. The fourth-order valence-corrected chi connectivity index (χ4v) is 5.83. The number of ether oxygens (including phenoxy) is 3. The van der Waals surface area contributed by atoms with E-state index >= 15 is 0 Å². The number of methoxy groups -OCH3 is 1. The van der Waals surface area contributed by atoms with Gasteiger partial charge in [-0.3, -0.25) is 14.4 Å². The highest BCUT2D eigenvalue weighted by Crippen LogP contribution is 2.39. The van der Waals surface area contributed by atoms with Crippen molar-refractivity contribution in [1.82, 2.24) is 5.32 Å². The number of carbonyl (C=O) groups excluding carboxylic acids is 2. The highest BCUT2D eigenvalue weighted by Gasteiger charge is 2.47. The van der Waals surface area contributed by atoms with E-state index in [-0.39, 0.29) is 36.0 Å². The standard InChI is InChI=1S/C28H30F4N2O9S/c1-27(26(37)38)8-6-16(7-9-27)43-23-11-18(22(41-2)12-20(23)29)24(35)34-21-14-42-13-19(21)25(36)33-15-4-3-5-17(10-15)44(39,40)28(30,31)32/h3-5,10-12,16,19,21H,6-9,13-14H2,1-2H3,(H,33,36)(H,34,35)(H,37,38). The molecule has 2 unspecified atom stereocenters. The van der Waals surface area contributed by atoms with Gasteiger partial charge in [-0.2, -0.15) is 13.2 Å². The molecule has 11 nitrogen and oxygen atoms in total. The zero-order valence-corrected chi connectivity index (χ0v) is 24.4. The molecule has 16 heteroatoms. The monoisotopic (exact) mass is 646 g/mol. The van der Waals surface area contributed by atoms with Crippen molar-refractivity contribution in [3.05, 3.63) is 47.8 Å². The van der Waals surface area contributed by atoms with Crippen molar-refractivity contribution in [2.45, 2.75) is 55.2 Å². The lowest BCUT2D eigenvalue weighted by Crippen LogP contribution is -2.44. The second kappa shape index (κ2) is 12.6. The van der Waals surface area contributed by atoms with Crippen LogP contribution in [0.25, 0.3) is 0 Å². The van der Waals surface area contributed by atoms with Gasteiger partial charge in [-0.1, -0.05) is 6.07 Å². The topological polar surface area (TPSA) is 157 Å². The number of rotatable bonds is 9. The zero-order chi connectivity index (χ0) is 32.4. The average molecular weight is 647 g/mol. The summed E-state index contributed by atoms with van der Waals surface area (Å²) in [5, 5.41) is 14.4. The first-order chi connectivity index (χ1) is 20.6. The molecular weight excluding hydrogens is 616 g/mol. The lowest BCUT2D eigenvalue weighted by molar-refractivity contribution is -0.150. The van der Waals surface area contributed by atoms with Gasteiger partial charge in [-0.05, 0) is 56.9 Å². The second-order valence-corrected chi connectivity index (χ2v) is 12.8. The summed E-state index contributed by atoms with van der Waals surface area (Å²) in [6.07, 6.45) is 0.882. The molecule has 2 fully saturated rings. The number of carboxylic acids is 1. The molecule has 240 valence electrons. The molecule has 0 aromatic heterocycles. The molecule has 1 aliphatic heterocycles. The van der Waals surface area contributed by atoms with Gasteiger partial charge in [0.2, 0.25) is 5.91 Å². The maximum atomic E-state index is 14.9. The van der Waals surface area contributed by atoms with E-state index in [4.69, 9.17) is 14.2 Å². The Balaban J connectivity index is 1.46. The van der Waals surface area contributed by atoms with Crippen LogP contribution < -0.4 is 20.1 Å². The van der Waals surface area contributed by atoms with Crippen LogP contribution >= 0.6 is 0 Å². The number of carboxylic acid groups (broad SMARTS) is 1. The van der Waals surface area contributed by atoms with Crippen LogP contribution in [0, 0.1) is 17.2 Å². The van der Waals surface area contributed by atoms with Gasteiger partial charge in [-0.25, -0.2) is 12.8 Å². The van der Waals surface area contributed by atoms with Gasteiger partial charge in [0.25, 0.3) is 15.7 Å². The summed E-state index contributed by atoms with van der Waals surface area (Å²) in [7, 11) is -4.42. The first-order valence-corrected chi connectivity index (χ1v) is 14.9. The molecule has 1 saturated carbocycles. The van der Waals surface area contributed by atoms with Crippen LogP contribution in [-0.4, -0.2) is 69.3 Å². The Hall–Kier alpha value is -3.92. The third-order valence-electron chi connectivity index (χ3n) is 7.80. The van der Waals surface area contributed by atoms with E-state index in [0.29, 0.717) is 31.7 Å². The van der Waals surface area contributed by atoms with Crippen LogP contribution in [0.5, 0.6) is 11.5 Å². The minimum atomic E-state index is -5.65. The number of carbonyl (C=O) groups is 3. The molecule has 0 bridgehead atoms. The Labute approximate surface area is 249 Å². The average Bonchev–Trinajstić information content (AvgIpc) is 3.42. The molecule has 44 heavy (non-hydrogen) atoms. The highest BCUT2D eigenvalue weighted by atomic mass is 32.2. The number of hydrogen-bond acceptors (Lipinski definition) is 8. The molecule has 2 aliphatic rings. The van der Waals surface area contributed by atoms with Crippen molar-refractivity contribution < 1.29 is 59.7 Å². The van der Waals surface area contributed by atoms with Crippen molar-refractivity contribution in [2.75, 3.05) is 25.6 Å². The molecule has 2 atom stereocenters. The summed E-state index contributed by atoms with van der Waals surface area (Å²) in [5.41, 5.74) is -6.77. The fourth-order valence-electron chi connectivity index (χ4n) is 5.02. The number of hydrogen-bond donors (Lipinski definition) is 3. The summed E-state index contributed by atoms with van der Waals surface area (Å²) < 4.78 is 93.5. The first kappa shape index (κ1) is 33.0. The van der Waals surface area contributed by atoms with Crippen LogP contribution in [0.3, 0.4) is 0 Å². The van der Waals surface area contributed by atoms with Crippen molar-refractivity contribution in [3.8, 4) is 11.5 Å². The van der Waals surface area contributed by atoms with E-state index in [1.54, 1.807) is 6.92 Å². The number of benzene rings is 2. The smallest absolute Gasteiger partial charge is 0.496 e. The molecule has 0 radical (unpaired) electrons. The number of anilines is 1. The van der Waals surface area contributed by atoms with E-state index in [1.807, 2.05) is 0 Å². The van der Waals surface area contributed by atoms with Gasteiger partial charge in [0.1, 0.15) is 5.75 Å². The Morgan fingerprint density at radius 1 is 1.07 bits per heavy atom. The highest BCUT2D eigenvalue weighted by molar-refractivity contribution is 7.92. The summed E-state index contributed by atoms with van der Waals surface area (Å²) >= 11 is 0. The zero-order valence-electron chi connectivity index (χ0n) is 23.6. The molecule has 4 rings (SSSR count). The molecule has 0 spiro atoms. The van der Waals surface area contributed by atoms with Crippen molar-refractivity contribution in [2.24, 2.45) is 11.3 Å². The van der Waals surface area contributed by atoms with E-state index in [2.05, 4.69) is 10.6 Å². The van der Waals surface area contributed by atoms with E-state index in [0.717, 1.165) is 24.3 Å². The van der Waals surface area contributed by atoms with Gasteiger partial charge < -0.3 is 30.0 Å². The number of aliphatic carboxylic acids is 1. The molecule has 1 heterocycles. The largest absolute Gasteiger partial charge is 0.501 e. The van der Waals surface area contributed by atoms with Gasteiger partial charge >= 0.3 is 11.5 Å². The van der Waals surface area contributed by atoms with Crippen LogP contribution in [0.4, 0.5) is 23.2 Å². The van der Waals surface area contributed by atoms with E-state index in [1.165, 1.54) is 13.2 Å². The van der Waals surface area contributed by atoms with Crippen LogP contribution in [0.1, 0.15) is 43.0 Å². The minimum Gasteiger partial charge on any atom is -0.496 e. The molecule has 1 saturated heterocycles. The van der Waals surface area contributed by atoms with E-state index in [9.17, 15) is 45.5 Å². The van der Waals surface area contributed by atoms with Gasteiger partial charge in [0.05, 0.1) is 54.3 Å². The van der Waals surface area contributed by atoms with Crippen LogP contribution in [-0.2, 0) is 24.2 Å². The minimum absolute atomic E-state index is 0.108. The normalized spacial score (nSPS) is 23.9. The predicted molar refractivity (Wildman–Crippen MR) is 145 cm³/mol. The Morgan fingerprint density at radius 3 is 2.36 bits per heavy atom. The lowest BCUT2D eigenvalue weighted by atomic mass is 9.75. The van der Waals surface area contributed by atoms with Crippen molar-refractivity contribution >= 4 is 33.3 Å². The molecule has 3 N–H and O–H groups in total. The van der Waals surface area contributed by atoms with Gasteiger partial charge in [0.15, 0.2) is 11.6 Å². The van der Waals surface area contributed by atoms with Crippen molar-refractivity contribution in [1.29, 1.82) is 0 Å². The number of sulfone groups is 1. The third kappa shape index (κ3) is 6.90. The Kier molecular flexibility index (Phi) is 9.44. The van der Waals surface area contributed by atoms with E-state index < -0.39 is 67.3 Å². The number of amides is 2. The van der Waals surface area contributed by atoms with Gasteiger partial charge in [0, 0.05) is 11.8 Å². The Morgan fingerprint density at radius 2 is 1.75 bits per heavy atom. The molecule has 1 aliphatic carbocycles. The maximum Gasteiger partial charge on any atom is 0.501 e. The summed E-state index contributed by atoms with van der Waals surface area (Å²) in [5.74, 6) is -4.63. The third-order valence-corrected chi connectivity index (χ3v) is 9.28. The fraction of sp³-hybridized carbons (Fsp3) is 0.464. The van der Waals surface area contributed by atoms with Crippen LogP contribution in [0.15, 0.2) is 41.3 Å². The molecule has 2 aromatic carbocycles. The molecule has 2 amide bonds. The molecule has 2 aromatic rings. The summed E-state index contributed by atoms with van der Waals surface area (Å²) in [6, 6.07) is 4.85. The maximum absolute atomic E-state index is 14.9. The summed E-state index contributed by atoms with van der Waals surface area (Å²) in [6.45, 7) is 1.37. The SMILES string of the molecule is COc1cc(F)c(OC2CCC(C)(C(=O)O)CC2)cc1C(=O)NC1COCC1C(=O)Nc1cccc(S(=O)(=O)C(F)(F)F)c1. The number of alkyl halides is 3. The first-order valence-electron chi connectivity index (χ1n) is 13.4. The van der Waals surface area contributed by atoms with Gasteiger partial charge in [-0.15, -0.1) is 0 Å². The predicted octanol–water partition coefficient (Wildman–Crippen LogP) is 3.92. The number of nitrogens with one attached hydrogen (secondary N) is 2. The summed E-state index contributed by atoms with van der Waals surface area (Å²) in [4.78, 5) is 36.7. The second-order valence-electron chi connectivity index (χ2n) is 10.9. The van der Waals surface area contributed by atoms with Crippen molar-refractivity contribution in [3.63, 3.8) is 0 Å². The Bertz CT molecular complexity index is 1540. The molecular formula is C28H30F4N2O9S.